The summed E-state index contributed by atoms with van der Waals surface area (Å²) in [4.78, 5) is 4.81. The zero-order valence-corrected chi connectivity index (χ0v) is 10.2. The summed E-state index contributed by atoms with van der Waals surface area (Å²) in [5.41, 5.74) is 8.55. The van der Waals surface area contributed by atoms with Crippen molar-refractivity contribution >= 4 is 5.69 Å². The smallest absolute Gasteiger partial charge is 0.0539 e. The monoisotopic (exact) mass is 219 g/mol. The van der Waals surface area contributed by atoms with E-state index >= 15 is 0 Å². The van der Waals surface area contributed by atoms with E-state index in [1.54, 1.807) is 0 Å². The molecular weight excluding hydrogens is 198 g/mol. The predicted octanol–water partition coefficient (Wildman–Crippen LogP) is 1.07. The third kappa shape index (κ3) is 2.20. The Morgan fingerprint density at radius 2 is 2.06 bits per heavy atom. The van der Waals surface area contributed by atoms with Crippen LogP contribution in [-0.2, 0) is 0 Å². The van der Waals surface area contributed by atoms with Crippen LogP contribution in [0.5, 0.6) is 0 Å². The Morgan fingerprint density at radius 3 is 2.75 bits per heavy atom. The molecule has 0 spiro atoms. The summed E-state index contributed by atoms with van der Waals surface area (Å²) < 4.78 is 0. The number of hydrogen-bond acceptors (Lipinski definition) is 3. The molecule has 1 saturated heterocycles. The molecule has 0 radical (unpaired) electrons. The summed E-state index contributed by atoms with van der Waals surface area (Å²) >= 11 is 0. The fourth-order valence-corrected chi connectivity index (χ4v) is 2.42. The van der Waals surface area contributed by atoms with Gasteiger partial charge in [0.2, 0.25) is 0 Å². The number of piperazine rings is 1. The fourth-order valence-electron chi connectivity index (χ4n) is 2.42. The zero-order chi connectivity index (χ0) is 11.5. The molecule has 1 unspecified atom stereocenters. The topological polar surface area (TPSA) is 32.5 Å². The van der Waals surface area contributed by atoms with Crippen LogP contribution in [0.15, 0.2) is 24.3 Å². The van der Waals surface area contributed by atoms with Crippen molar-refractivity contribution < 1.29 is 0 Å². The molecule has 88 valence electrons. The lowest BCUT2D eigenvalue weighted by molar-refractivity contribution is 0.269. The minimum Gasteiger partial charge on any atom is -0.364 e. The zero-order valence-electron chi connectivity index (χ0n) is 10.2. The summed E-state index contributed by atoms with van der Waals surface area (Å²) in [6, 6.07) is 9.00. The Balaban J connectivity index is 2.22. The van der Waals surface area contributed by atoms with Crippen molar-refractivity contribution in [1.29, 1.82) is 0 Å². The lowest BCUT2D eigenvalue weighted by Gasteiger charge is -2.41. The highest BCUT2D eigenvalue weighted by molar-refractivity contribution is 5.54. The fraction of sp³-hybridized carbons (Fsp3) is 0.538. The largest absolute Gasteiger partial charge is 0.364 e. The van der Waals surface area contributed by atoms with Gasteiger partial charge in [0.05, 0.1) is 6.04 Å². The second-order valence-corrected chi connectivity index (χ2v) is 4.63. The number of likely N-dealkylation sites (N-methyl/N-ethyl adjacent to an activating group) is 1. The van der Waals surface area contributed by atoms with Crippen molar-refractivity contribution in [3.05, 3.63) is 29.8 Å². The predicted molar refractivity (Wildman–Crippen MR) is 68.9 cm³/mol. The molecule has 0 bridgehead atoms. The average molecular weight is 219 g/mol. The molecule has 2 rings (SSSR count). The number of anilines is 1. The van der Waals surface area contributed by atoms with E-state index in [0.29, 0.717) is 6.04 Å². The number of hydrogen-bond donors (Lipinski definition) is 1. The number of nitrogens with two attached hydrogens (primary N) is 1. The third-order valence-corrected chi connectivity index (χ3v) is 3.38. The Labute approximate surface area is 97.8 Å². The van der Waals surface area contributed by atoms with Crippen LogP contribution in [0.1, 0.15) is 5.56 Å². The van der Waals surface area contributed by atoms with Crippen LogP contribution in [0.3, 0.4) is 0 Å². The van der Waals surface area contributed by atoms with Gasteiger partial charge in [0.25, 0.3) is 0 Å². The molecule has 1 heterocycles. The molecule has 0 amide bonds. The molecule has 0 aromatic heterocycles. The Hall–Kier alpha value is -1.06. The van der Waals surface area contributed by atoms with E-state index < -0.39 is 0 Å². The molecule has 1 atom stereocenters. The molecule has 2 N–H and O–H groups in total. The minimum absolute atomic E-state index is 0.444. The second kappa shape index (κ2) is 4.85. The summed E-state index contributed by atoms with van der Waals surface area (Å²) in [6.07, 6.45) is 0. The van der Waals surface area contributed by atoms with Crippen LogP contribution < -0.4 is 10.6 Å². The normalized spacial score (nSPS) is 22.4. The van der Waals surface area contributed by atoms with Gasteiger partial charge in [0.15, 0.2) is 0 Å². The van der Waals surface area contributed by atoms with Crippen LogP contribution in [0.2, 0.25) is 0 Å². The van der Waals surface area contributed by atoms with Crippen molar-refractivity contribution in [2.24, 2.45) is 5.73 Å². The van der Waals surface area contributed by atoms with Crippen LogP contribution in [-0.4, -0.2) is 44.2 Å². The van der Waals surface area contributed by atoms with Gasteiger partial charge in [-0.15, -0.1) is 0 Å². The van der Waals surface area contributed by atoms with Crippen LogP contribution in [0, 0.1) is 6.92 Å². The molecular formula is C13H21N3. The van der Waals surface area contributed by atoms with E-state index in [4.69, 9.17) is 5.73 Å². The lowest BCUT2D eigenvalue weighted by atomic mass is 10.1. The number of benzene rings is 1. The number of para-hydroxylation sites is 1. The van der Waals surface area contributed by atoms with E-state index in [-0.39, 0.29) is 0 Å². The van der Waals surface area contributed by atoms with Crippen molar-refractivity contribution in [1.82, 2.24) is 4.90 Å². The molecule has 3 heteroatoms. The van der Waals surface area contributed by atoms with Gasteiger partial charge in [-0.1, -0.05) is 18.2 Å². The van der Waals surface area contributed by atoms with Crippen molar-refractivity contribution in [2.75, 3.05) is 38.1 Å². The van der Waals surface area contributed by atoms with E-state index in [1.165, 1.54) is 11.3 Å². The Kier molecular flexibility index (Phi) is 3.46. The van der Waals surface area contributed by atoms with Crippen LogP contribution >= 0.6 is 0 Å². The van der Waals surface area contributed by atoms with Gasteiger partial charge in [-0.25, -0.2) is 0 Å². The lowest BCUT2D eigenvalue weighted by Crippen LogP contribution is -2.55. The molecule has 1 aromatic carbocycles. The number of nitrogens with zero attached hydrogens (tertiary/aromatic N) is 2. The van der Waals surface area contributed by atoms with Crippen LogP contribution in [0.4, 0.5) is 5.69 Å². The van der Waals surface area contributed by atoms with Gasteiger partial charge in [0.1, 0.15) is 0 Å². The first-order valence-corrected chi connectivity index (χ1v) is 5.93. The molecule has 1 fully saturated rings. The SMILES string of the molecule is Cc1ccccc1N1CCN(C)CC1CN. The Morgan fingerprint density at radius 1 is 1.31 bits per heavy atom. The third-order valence-electron chi connectivity index (χ3n) is 3.38. The highest BCUT2D eigenvalue weighted by Crippen LogP contribution is 2.23. The van der Waals surface area contributed by atoms with Crippen LogP contribution in [0.25, 0.3) is 0 Å². The minimum atomic E-state index is 0.444. The standard InChI is InChI=1S/C13H21N3/c1-11-5-3-4-6-13(11)16-8-7-15(2)10-12(16)9-14/h3-6,12H,7-10,14H2,1-2H3. The summed E-state index contributed by atoms with van der Waals surface area (Å²) in [7, 11) is 2.16. The summed E-state index contributed by atoms with van der Waals surface area (Å²) in [5.74, 6) is 0. The maximum atomic E-state index is 5.87. The van der Waals surface area contributed by atoms with Crippen molar-refractivity contribution in [3.63, 3.8) is 0 Å². The van der Waals surface area contributed by atoms with Gasteiger partial charge in [-0.3, -0.25) is 0 Å². The van der Waals surface area contributed by atoms with Gasteiger partial charge in [-0.2, -0.15) is 0 Å². The van der Waals surface area contributed by atoms with Crippen molar-refractivity contribution in [3.8, 4) is 0 Å². The summed E-state index contributed by atoms with van der Waals surface area (Å²) in [5, 5.41) is 0. The molecule has 0 aliphatic carbocycles. The first-order chi connectivity index (χ1) is 7.72. The first kappa shape index (κ1) is 11.4. The van der Waals surface area contributed by atoms with E-state index in [1.807, 2.05) is 0 Å². The number of rotatable bonds is 2. The second-order valence-electron chi connectivity index (χ2n) is 4.63. The number of aryl methyl sites for hydroxylation is 1. The molecule has 3 nitrogen and oxygen atoms in total. The molecule has 1 aliphatic rings. The maximum Gasteiger partial charge on any atom is 0.0539 e. The molecule has 0 saturated carbocycles. The highest BCUT2D eigenvalue weighted by atomic mass is 15.3. The maximum absolute atomic E-state index is 5.87. The van der Waals surface area contributed by atoms with Gasteiger partial charge in [0, 0.05) is 31.9 Å². The van der Waals surface area contributed by atoms with Gasteiger partial charge >= 0.3 is 0 Å². The average Bonchev–Trinajstić information content (AvgIpc) is 2.30. The van der Waals surface area contributed by atoms with E-state index in [0.717, 1.165) is 26.2 Å². The Bertz CT molecular complexity index is 351. The quantitative estimate of drug-likeness (QED) is 0.807. The van der Waals surface area contributed by atoms with Crippen molar-refractivity contribution in [2.45, 2.75) is 13.0 Å². The highest BCUT2D eigenvalue weighted by Gasteiger charge is 2.24. The molecule has 16 heavy (non-hydrogen) atoms. The molecule has 1 aromatic rings. The molecule has 1 aliphatic heterocycles. The summed E-state index contributed by atoms with van der Waals surface area (Å²) in [6.45, 7) is 6.14. The van der Waals surface area contributed by atoms with Gasteiger partial charge in [-0.05, 0) is 25.6 Å². The van der Waals surface area contributed by atoms with E-state index in [9.17, 15) is 0 Å². The van der Waals surface area contributed by atoms with E-state index in [2.05, 4.69) is 48.0 Å². The first-order valence-electron chi connectivity index (χ1n) is 5.93. The van der Waals surface area contributed by atoms with Gasteiger partial charge < -0.3 is 15.5 Å².